The van der Waals surface area contributed by atoms with Crippen molar-refractivity contribution in [2.75, 3.05) is 13.2 Å². The standard InChI is InChI=1S/C3H6O.H2O3Si/c1-2-4-3-1;1-4(2)3/h1-3H2;1-2H. The Hall–Kier alpha value is -0.423. The van der Waals surface area contributed by atoms with Crippen molar-refractivity contribution in [2.24, 2.45) is 0 Å². The highest BCUT2D eigenvalue weighted by atomic mass is 28.3. The molecule has 1 aliphatic heterocycles. The summed E-state index contributed by atoms with van der Waals surface area (Å²) in [6.45, 7) is 2.00. The molecule has 4 nitrogen and oxygen atoms in total. The highest BCUT2D eigenvalue weighted by molar-refractivity contribution is 6.22. The molecular weight excluding hydrogens is 128 g/mol. The van der Waals surface area contributed by atoms with E-state index in [1.165, 1.54) is 6.42 Å². The number of hydrogen-bond donors (Lipinski definition) is 2. The van der Waals surface area contributed by atoms with Crippen molar-refractivity contribution in [3.05, 3.63) is 0 Å². The van der Waals surface area contributed by atoms with Gasteiger partial charge in [-0.15, -0.1) is 0 Å². The van der Waals surface area contributed by atoms with Gasteiger partial charge in [0.15, 0.2) is 0 Å². The van der Waals surface area contributed by atoms with Gasteiger partial charge in [0.1, 0.15) is 0 Å². The second kappa shape index (κ2) is 4.73. The van der Waals surface area contributed by atoms with Gasteiger partial charge in [0.2, 0.25) is 0 Å². The highest BCUT2D eigenvalue weighted by Gasteiger charge is 1.94. The zero-order valence-corrected chi connectivity index (χ0v) is 5.33. The Bertz CT molecular complexity index is 61.7. The second-order valence-electron chi connectivity index (χ2n) is 1.25. The molecule has 1 heterocycles. The van der Waals surface area contributed by atoms with E-state index < -0.39 is 9.17 Å². The number of hydrogen-bond acceptors (Lipinski definition) is 2. The maximum Gasteiger partial charge on any atom is 0.761 e. The molecule has 0 bridgehead atoms. The van der Waals surface area contributed by atoms with Gasteiger partial charge in [-0.05, 0) is 6.42 Å². The molecule has 0 saturated carbocycles. The van der Waals surface area contributed by atoms with Gasteiger partial charge in [-0.1, -0.05) is 0 Å². The van der Waals surface area contributed by atoms with E-state index in [2.05, 4.69) is 0 Å². The van der Waals surface area contributed by atoms with Crippen molar-refractivity contribution in [3.8, 4) is 0 Å². The Morgan fingerprint density at radius 3 is 1.50 bits per heavy atom. The highest BCUT2D eigenvalue weighted by Crippen LogP contribution is 1.93. The molecule has 0 spiro atoms. The molecule has 1 saturated heterocycles. The van der Waals surface area contributed by atoms with Crippen molar-refractivity contribution >= 4 is 9.17 Å². The summed E-state index contributed by atoms with van der Waals surface area (Å²) in [6.07, 6.45) is 1.28. The molecule has 0 aromatic rings. The normalized spacial score (nSPS) is 15.0. The molecule has 1 aliphatic rings. The molecule has 0 aromatic heterocycles. The monoisotopic (exact) mass is 136 g/mol. The SMILES string of the molecule is C1COC1.O=[Si](O)O. The average Bonchev–Trinajstić information content (AvgIpc) is 1.19. The van der Waals surface area contributed by atoms with E-state index in [9.17, 15) is 0 Å². The maximum absolute atomic E-state index is 8.74. The first-order valence-electron chi connectivity index (χ1n) is 2.23. The first-order chi connectivity index (χ1) is 3.73. The number of ether oxygens (including phenoxy) is 1. The quantitative estimate of drug-likeness (QED) is 0.410. The molecule has 0 atom stereocenters. The summed E-state index contributed by atoms with van der Waals surface area (Å²) >= 11 is 0. The lowest BCUT2D eigenvalue weighted by atomic mass is 10.4. The molecule has 0 unspecified atom stereocenters. The fourth-order valence-corrected chi connectivity index (χ4v) is 0.144. The van der Waals surface area contributed by atoms with Crippen molar-refractivity contribution < 1.29 is 18.8 Å². The van der Waals surface area contributed by atoms with Crippen molar-refractivity contribution in [3.63, 3.8) is 0 Å². The van der Waals surface area contributed by atoms with E-state index in [1.54, 1.807) is 0 Å². The molecule has 2 N–H and O–H groups in total. The van der Waals surface area contributed by atoms with Crippen LogP contribution in [0.25, 0.3) is 0 Å². The van der Waals surface area contributed by atoms with Gasteiger partial charge in [0, 0.05) is 13.2 Å². The van der Waals surface area contributed by atoms with E-state index in [0.29, 0.717) is 0 Å². The molecule has 0 aromatic carbocycles. The lowest BCUT2D eigenvalue weighted by molar-refractivity contribution is 0.0367. The topological polar surface area (TPSA) is 66.8 Å². The van der Waals surface area contributed by atoms with Crippen molar-refractivity contribution in [1.29, 1.82) is 0 Å². The largest absolute Gasteiger partial charge is 0.761 e. The molecule has 5 heteroatoms. The summed E-state index contributed by atoms with van der Waals surface area (Å²) in [5, 5.41) is 0. The Labute approximate surface area is 48.6 Å². The van der Waals surface area contributed by atoms with E-state index in [-0.39, 0.29) is 0 Å². The molecule has 0 amide bonds. The Balaban J connectivity index is 0.000000122. The third kappa shape index (κ3) is 9.13. The van der Waals surface area contributed by atoms with Gasteiger partial charge in [-0.2, -0.15) is 0 Å². The van der Waals surface area contributed by atoms with E-state index in [1.807, 2.05) is 0 Å². The van der Waals surface area contributed by atoms with E-state index in [4.69, 9.17) is 18.8 Å². The van der Waals surface area contributed by atoms with Gasteiger partial charge in [0.25, 0.3) is 0 Å². The second-order valence-corrected chi connectivity index (χ2v) is 1.81. The van der Waals surface area contributed by atoms with Crippen LogP contribution in [0.15, 0.2) is 0 Å². The maximum atomic E-state index is 8.74. The van der Waals surface area contributed by atoms with Crippen molar-refractivity contribution in [1.82, 2.24) is 0 Å². The Morgan fingerprint density at radius 1 is 1.38 bits per heavy atom. The van der Waals surface area contributed by atoms with Crippen molar-refractivity contribution in [2.45, 2.75) is 6.42 Å². The Morgan fingerprint density at radius 2 is 1.50 bits per heavy atom. The van der Waals surface area contributed by atoms with Gasteiger partial charge in [-0.3, -0.25) is 4.46 Å². The van der Waals surface area contributed by atoms with E-state index >= 15 is 0 Å². The van der Waals surface area contributed by atoms with Crippen LogP contribution in [0.3, 0.4) is 0 Å². The van der Waals surface area contributed by atoms with Gasteiger partial charge >= 0.3 is 9.17 Å². The van der Waals surface area contributed by atoms with Crippen LogP contribution >= 0.6 is 0 Å². The first kappa shape index (κ1) is 7.58. The van der Waals surface area contributed by atoms with Crippen LogP contribution in [-0.4, -0.2) is 32.0 Å². The van der Waals surface area contributed by atoms with Crippen LogP contribution in [0, 0.1) is 0 Å². The third-order valence-corrected chi connectivity index (χ3v) is 0.577. The Kier molecular flexibility index (Phi) is 4.48. The lowest BCUT2D eigenvalue weighted by Crippen LogP contribution is -2.09. The summed E-state index contributed by atoms with van der Waals surface area (Å²) in [4.78, 5) is 14.3. The summed E-state index contributed by atoms with van der Waals surface area (Å²) in [5.41, 5.74) is 0. The molecule has 8 heavy (non-hydrogen) atoms. The minimum absolute atomic E-state index is 1.00. The average molecular weight is 136 g/mol. The smallest absolute Gasteiger partial charge is 0.511 e. The predicted octanol–water partition coefficient (Wildman–Crippen LogP) is -1.21. The van der Waals surface area contributed by atoms with Crippen LogP contribution in [0.1, 0.15) is 6.42 Å². The molecule has 0 aliphatic carbocycles. The van der Waals surface area contributed by atoms with Crippen LogP contribution in [0.4, 0.5) is 0 Å². The van der Waals surface area contributed by atoms with Crippen LogP contribution in [0.5, 0.6) is 0 Å². The molecular formula is C3H8O4Si. The molecule has 1 rings (SSSR count). The first-order valence-corrected chi connectivity index (χ1v) is 3.53. The predicted molar refractivity (Wildman–Crippen MR) is 26.3 cm³/mol. The van der Waals surface area contributed by atoms with Crippen LogP contribution in [-0.2, 0) is 9.20 Å². The summed E-state index contributed by atoms with van der Waals surface area (Å²) < 4.78 is 13.5. The van der Waals surface area contributed by atoms with E-state index in [0.717, 1.165) is 13.2 Å². The van der Waals surface area contributed by atoms with Gasteiger partial charge < -0.3 is 14.3 Å². The van der Waals surface area contributed by atoms with Crippen LogP contribution in [0.2, 0.25) is 0 Å². The molecule has 48 valence electrons. The third-order valence-electron chi connectivity index (χ3n) is 0.577. The minimum Gasteiger partial charge on any atom is -0.511 e. The minimum atomic E-state index is -3.13. The zero-order valence-electron chi connectivity index (χ0n) is 4.33. The van der Waals surface area contributed by atoms with Gasteiger partial charge in [0.05, 0.1) is 0 Å². The zero-order chi connectivity index (χ0) is 6.41. The fraction of sp³-hybridized carbons (Fsp3) is 1.00. The fourth-order valence-electron chi connectivity index (χ4n) is 0.144. The van der Waals surface area contributed by atoms with Crippen LogP contribution < -0.4 is 0 Å². The molecule has 0 radical (unpaired) electrons. The number of rotatable bonds is 0. The summed E-state index contributed by atoms with van der Waals surface area (Å²) in [7, 11) is -3.13. The van der Waals surface area contributed by atoms with Gasteiger partial charge in [-0.25, -0.2) is 0 Å². The summed E-state index contributed by atoms with van der Waals surface area (Å²) in [6, 6.07) is 0. The lowest BCUT2D eigenvalue weighted by Gasteiger charge is -2.09. The molecule has 1 fully saturated rings. The summed E-state index contributed by atoms with van der Waals surface area (Å²) in [5.74, 6) is 0.